The van der Waals surface area contributed by atoms with Gasteiger partial charge < -0.3 is 20.4 Å². The lowest BCUT2D eigenvalue weighted by Crippen LogP contribution is -2.59. The molecule has 1 aromatic carbocycles. The van der Waals surface area contributed by atoms with E-state index in [9.17, 15) is 19.2 Å². The highest BCUT2D eigenvalue weighted by Crippen LogP contribution is 2.36. The van der Waals surface area contributed by atoms with E-state index in [0.717, 1.165) is 25.7 Å². The Kier molecular flexibility index (Phi) is 5.51. The normalized spacial score (nSPS) is 27.3. The maximum absolute atomic E-state index is 13.4. The van der Waals surface area contributed by atoms with Crippen molar-refractivity contribution in [1.82, 2.24) is 20.5 Å². The number of oxazole rings is 1. The van der Waals surface area contributed by atoms with Crippen LogP contribution in [0.4, 0.5) is 6.01 Å². The van der Waals surface area contributed by atoms with Crippen LogP contribution in [0.5, 0.6) is 0 Å². The lowest BCUT2D eigenvalue weighted by atomic mass is 9.76. The molecule has 3 aliphatic rings. The summed E-state index contributed by atoms with van der Waals surface area (Å²) >= 11 is 0. The summed E-state index contributed by atoms with van der Waals surface area (Å²) in [6.45, 7) is 0.632. The van der Waals surface area contributed by atoms with Crippen molar-refractivity contribution in [2.75, 3.05) is 12.3 Å². The van der Waals surface area contributed by atoms with Crippen LogP contribution in [-0.4, -0.2) is 52.1 Å². The molecule has 0 spiro atoms. The van der Waals surface area contributed by atoms with E-state index in [2.05, 4.69) is 15.6 Å². The summed E-state index contributed by atoms with van der Waals surface area (Å²) < 4.78 is 5.30. The van der Waals surface area contributed by atoms with Crippen molar-refractivity contribution < 1.29 is 23.6 Å². The van der Waals surface area contributed by atoms with Gasteiger partial charge in [0.1, 0.15) is 5.52 Å². The quantitative estimate of drug-likeness (QED) is 0.592. The molecule has 3 fully saturated rings. The number of nitrogens with two attached hydrogens (primary N) is 1. The summed E-state index contributed by atoms with van der Waals surface area (Å²) in [6, 6.07) is 4.87. The van der Waals surface area contributed by atoms with E-state index < -0.39 is 5.92 Å². The number of rotatable bonds is 4. The molecule has 33 heavy (non-hydrogen) atoms. The number of fused-ring (bicyclic) bond motifs is 3. The standard InChI is InChI=1S/C23H27N5O5/c24-23-26-16-10-14(2-5-18(16)33-23)22(32)28-8-7-12-1-4-15(17(28)9-12)25-20(30)11-13-3-6-19(29)27-21(13)31/h2,5,10,12-13,15,17H,1,3-4,6-9,11H2,(H2,24,26)(H,25,30)(H,27,29,31). The summed E-state index contributed by atoms with van der Waals surface area (Å²) in [5, 5.41) is 5.38. The molecule has 10 nitrogen and oxygen atoms in total. The highest BCUT2D eigenvalue weighted by Gasteiger charge is 2.41. The first kappa shape index (κ1) is 21.4. The average Bonchev–Trinajstić information content (AvgIpc) is 3.16. The Morgan fingerprint density at radius 2 is 2.06 bits per heavy atom. The number of carbonyl (C=O) groups excluding carboxylic acids is 4. The third-order valence-electron chi connectivity index (χ3n) is 7.15. The number of carbonyl (C=O) groups is 4. The monoisotopic (exact) mass is 453 g/mol. The zero-order valence-corrected chi connectivity index (χ0v) is 18.2. The molecule has 1 aliphatic carbocycles. The Labute approximate surface area is 190 Å². The fourth-order valence-corrected chi connectivity index (χ4v) is 5.41. The predicted octanol–water partition coefficient (Wildman–Crippen LogP) is 1.35. The molecule has 3 heterocycles. The highest BCUT2D eigenvalue weighted by molar-refractivity contribution is 6.00. The molecule has 4 unspecified atom stereocenters. The summed E-state index contributed by atoms with van der Waals surface area (Å²) in [5.74, 6) is -0.954. The van der Waals surface area contributed by atoms with E-state index in [1.807, 2.05) is 4.90 Å². The number of nitrogen functional groups attached to an aromatic ring is 1. The number of nitrogens with one attached hydrogen (secondary N) is 2. The average molecular weight is 453 g/mol. The number of piperidine rings is 2. The zero-order chi connectivity index (χ0) is 23.1. The molecule has 1 aromatic heterocycles. The van der Waals surface area contributed by atoms with Crippen molar-refractivity contribution in [3.05, 3.63) is 23.8 Å². The van der Waals surface area contributed by atoms with Crippen molar-refractivity contribution in [1.29, 1.82) is 0 Å². The van der Waals surface area contributed by atoms with Gasteiger partial charge >= 0.3 is 0 Å². The van der Waals surface area contributed by atoms with Gasteiger partial charge in [0.25, 0.3) is 11.9 Å². The van der Waals surface area contributed by atoms with Crippen LogP contribution in [0, 0.1) is 11.8 Å². The third-order valence-corrected chi connectivity index (χ3v) is 7.15. The minimum absolute atomic E-state index is 0.0456. The molecule has 10 heteroatoms. The van der Waals surface area contributed by atoms with Crippen LogP contribution in [0.3, 0.4) is 0 Å². The number of hydrogen-bond acceptors (Lipinski definition) is 7. The smallest absolute Gasteiger partial charge is 0.292 e. The van der Waals surface area contributed by atoms with Gasteiger partial charge in [0.15, 0.2) is 5.58 Å². The van der Waals surface area contributed by atoms with Crippen molar-refractivity contribution in [2.24, 2.45) is 11.8 Å². The first-order valence-corrected chi connectivity index (χ1v) is 11.5. The van der Waals surface area contributed by atoms with Gasteiger partial charge in [-0.3, -0.25) is 24.5 Å². The topological polar surface area (TPSA) is 148 Å². The van der Waals surface area contributed by atoms with Crippen LogP contribution in [0.2, 0.25) is 0 Å². The molecule has 5 rings (SSSR count). The van der Waals surface area contributed by atoms with Gasteiger partial charge in [-0.05, 0) is 56.2 Å². The first-order valence-electron chi connectivity index (χ1n) is 11.5. The van der Waals surface area contributed by atoms with E-state index in [-0.39, 0.29) is 54.6 Å². The summed E-state index contributed by atoms with van der Waals surface area (Å²) in [5.41, 5.74) is 7.19. The Bertz CT molecular complexity index is 1130. The second kappa shape index (κ2) is 8.49. The molecule has 4 N–H and O–H groups in total. The number of nitrogens with zero attached hydrogens (tertiary/aromatic N) is 2. The molecule has 4 atom stereocenters. The van der Waals surface area contributed by atoms with Gasteiger partial charge in [-0.15, -0.1) is 0 Å². The van der Waals surface area contributed by atoms with Crippen molar-refractivity contribution >= 4 is 40.7 Å². The Balaban J connectivity index is 1.29. The molecule has 1 saturated carbocycles. The van der Waals surface area contributed by atoms with E-state index in [1.54, 1.807) is 18.2 Å². The molecule has 174 valence electrons. The van der Waals surface area contributed by atoms with Crippen LogP contribution in [0.1, 0.15) is 55.3 Å². The fourth-order valence-electron chi connectivity index (χ4n) is 5.41. The van der Waals surface area contributed by atoms with Crippen molar-refractivity contribution in [3.63, 3.8) is 0 Å². The van der Waals surface area contributed by atoms with E-state index in [1.165, 1.54) is 0 Å². The van der Waals surface area contributed by atoms with E-state index in [0.29, 0.717) is 35.5 Å². The SMILES string of the molecule is Nc1nc2cc(C(=O)N3CCC4CCC(NC(=O)CC5CCC(=O)NC5=O)C3C4)ccc2o1. The van der Waals surface area contributed by atoms with Crippen LogP contribution < -0.4 is 16.4 Å². The molecule has 2 bridgehead atoms. The maximum atomic E-state index is 13.4. The summed E-state index contributed by atoms with van der Waals surface area (Å²) in [7, 11) is 0. The van der Waals surface area contributed by atoms with Gasteiger partial charge in [0, 0.05) is 36.9 Å². The van der Waals surface area contributed by atoms with Gasteiger partial charge in [-0.25, -0.2) is 0 Å². The molecule has 2 saturated heterocycles. The minimum atomic E-state index is -0.496. The van der Waals surface area contributed by atoms with Crippen LogP contribution in [-0.2, 0) is 14.4 Å². The zero-order valence-electron chi connectivity index (χ0n) is 18.2. The third kappa shape index (κ3) is 4.29. The predicted molar refractivity (Wildman–Crippen MR) is 118 cm³/mol. The number of likely N-dealkylation sites (tertiary alicyclic amines) is 1. The molecule has 2 aliphatic heterocycles. The number of amides is 4. The summed E-state index contributed by atoms with van der Waals surface area (Å²) in [4.78, 5) is 55.5. The van der Waals surface area contributed by atoms with Crippen molar-refractivity contribution in [3.8, 4) is 0 Å². The number of anilines is 1. The lowest BCUT2D eigenvalue weighted by Gasteiger charge is -2.47. The molecule has 4 amide bonds. The highest BCUT2D eigenvalue weighted by atomic mass is 16.4. The van der Waals surface area contributed by atoms with Crippen LogP contribution >= 0.6 is 0 Å². The van der Waals surface area contributed by atoms with E-state index in [4.69, 9.17) is 10.2 Å². The number of imide groups is 1. The van der Waals surface area contributed by atoms with Gasteiger partial charge in [-0.2, -0.15) is 4.98 Å². The van der Waals surface area contributed by atoms with Gasteiger partial charge in [0.05, 0.1) is 6.04 Å². The maximum Gasteiger partial charge on any atom is 0.292 e. The van der Waals surface area contributed by atoms with Crippen molar-refractivity contribution in [2.45, 2.75) is 57.0 Å². The lowest BCUT2D eigenvalue weighted by molar-refractivity contribution is -0.139. The molecule has 0 radical (unpaired) electrons. The van der Waals surface area contributed by atoms with E-state index >= 15 is 0 Å². The Morgan fingerprint density at radius 3 is 2.88 bits per heavy atom. The second-order valence-electron chi connectivity index (χ2n) is 9.29. The first-order chi connectivity index (χ1) is 15.9. The van der Waals surface area contributed by atoms with Gasteiger partial charge in [0.2, 0.25) is 17.7 Å². The minimum Gasteiger partial charge on any atom is -0.424 e. The molecule has 2 aromatic rings. The summed E-state index contributed by atoms with van der Waals surface area (Å²) in [6.07, 6.45) is 4.26. The molecular weight excluding hydrogens is 426 g/mol. The number of aromatic nitrogens is 1. The number of benzene rings is 1. The Hall–Kier alpha value is -3.43. The van der Waals surface area contributed by atoms with Crippen LogP contribution in [0.25, 0.3) is 11.1 Å². The Morgan fingerprint density at radius 1 is 1.21 bits per heavy atom. The van der Waals surface area contributed by atoms with Crippen LogP contribution in [0.15, 0.2) is 22.6 Å². The molecular formula is C23H27N5O5. The fraction of sp³-hybridized carbons (Fsp3) is 0.522. The largest absolute Gasteiger partial charge is 0.424 e. The van der Waals surface area contributed by atoms with Gasteiger partial charge in [-0.1, -0.05) is 0 Å². The number of hydrogen-bond donors (Lipinski definition) is 3. The second-order valence-corrected chi connectivity index (χ2v) is 9.29.